The van der Waals surface area contributed by atoms with Crippen LogP contribution in [0.15, 0.2) is 72.4 Å². The van der Waals surface area contributed by atoms with E-state index in [-0.39, 0.29) is 0 Å². The molecule has 112 valence electrons. The lowest BCUT2D eigenvalue weighted by atomic mass is 10.2. The minimum atomic E-state index is 0.852. The summed E-state index contributed by atoms with van der Waals surface area (Å²) in [6.45, 7) is 0. The van der Waals surface area contributed by atoms with Gasteiger partial charge in [0.15, 0.2) is 0 Å². The Balaban J connectivity index is 1.47. The first-order valence-electron chi connectivity index (χ1n) is 7.17. The molecule has 0 fully saturated rings. The Morgan fingerprint density at radius 2 is 1.78 bits per heavy atom. The van der Waals surface area contributed by atoms with Gasteiger partial charge >= 0.3 is 0 Å². The number of hydrogen-bond acceptors (Lipinski definition) is 5. The van der Waals surface area contributed by atoms with Gasteiger partial charge in [0.1, 0.15) is 17.7 Å². The quantitative estimate of drug-likeness (QED) is 0.539. The molecule has 6 heteroatoms. The summed E-state index contributed by atoms with van der Waals surface area (Å²) in [6, 6.07) is 16.2. The Morgan fingerprint density at radius 1 is 0.957 bits per heavy atom. The van der Waals surface area contributed by atoms with Crippen LogP contribution in [-0.2, 0) is 5.75 Å². The summed E-state index contributed by atoms with van der Waals surface area (Å²) in [4.78, 5) is 13.0. The average Bonchev–Trinajstić information content (AvgIpc) is 3.15. The van der Waals surface area contributed by atoms with Gasteiger partial charge in [0, 0.05) is 5.75 Å². The van der Waals surface area contributed by atoms with Crippen molar-refractivity contribution in [2.75, 3.05) is 0 Å². The summed E-state index contributed by atoms with van der Waals surface area (Å²) in [5, 5.41) is 5.06. The van der Waals surface area contributed by atoms with Gasteiger partial charge in [-0.15, -0.1) is 11.8 Å². The number of hydrogen-bond donors (Lipinski definition) is 0. The fourth-order valence-electron chi connectivity index (χ4n) is 2.25. The van der Waals surface area contributed by atoms with Crippen molar-refractivity contribution >= 4 is 22.8 Å². The van der Waals surface area contributed by atoms with Gasteiger partial charge in [-0.1, -0.05) is 24.3 Å². The highest BCUT2D eigenvalue weighted by molar-refractivity contribution is 7.98. The van der Waals surface area contributed by atoms with Gasteiger partial charge in [-0.3, -0.25) is 4.98 Å². The first-order chi connectivity index (χ1) is 11.4. The lowest BCUT2D eigenvalue weighted by molar-refractivity contribution is 0.878. The predicted octanol–water partition coefficient (Wildman–Crippen LogP) is 3.50. The molecule has 0 bridgehead atoms. The monoisotopic (exact) mass is 319 g/mol. The summed E-state index contributed by atoms with van der Waals surface area (Å²) in [6.07, 6.45) is 5.05. The first-order valence-corrected chi connectivity index (χ1v) is 8.15. The van der Waals surface area contributed by atoms with Crippen molar-refractivity contribution in [3.8, 4) is 5.69 Å². The molecule has 0 N–H and O–H groups in total. The minimum absolute atomic E-state index is 0.852. The third-order valence-electron chi connectivity index (χ3n) is 3.43. The van der Waals surface area contributed by atoms with E-state index in [0.717, 1.165) is 27.5 Å². The molecule has 23 heavy (non-hydrogen) atoms. The van der Waals surface area contributed by atoms with E-state index in [1.54, 1.807) is 22.8 Å². The molecule has 0 radical (unpaired) electrons. The molecule has 4 aromatic rings. The molecule has 2 aromatic heterocycles. The molecule has 2 aromatic carbocycles. The fraction of sp³-hybridized carbons (Fsp3) is 0.0588. The van der Waals surface area contributed by atoms with Crippen molar-refractivity contribution in [1.29, 1.82) is 0 Å². The van der Waals surface area contributed by atoms with E-state index in [1.807, 2.05) is 42.6 Å². The SMILES string of the molecule is c1ccc2nc(SCc3ccc(-n4cncn4)cc3)cnc2c1. The second kappa shape index (κ2) is 6.18. The van der Waals surface area contributed by atoms with E-state index < -0.39 is 0 Å². The molecule has 0 atom stereocenters. The van der Waals surface area contributed by atoms with Crippen LogP contribution >= 0.6 is 11.8 Å². The number of thioether (sulfide) groups is 1. The Labute approximate surface area is 137 Å². The Morgan fingerprint density at radius 3 is 2.57 bits per heavy atom. The van der Waals surface area contributed by atoms with Gasteiger partial charge in [0.25, 0.3) is 0 Å². The molecule has 0 amide bonds. The number of aromatic nitrogens is 5. The van der Waals surface area contributed by atoms with Crippen LogP contribution in [0.1, 0.15) is 5.56 Å². The topological polar surface area (TPSA) is 56.5 Å². The van der Waals surface area contributed by atoms with Gasteiger partial charge in [0.05, 0.1) is 22.9 Å². The van der Waals surface area contributed by atoms with Crippen LogP contribution in [0.3, 0.4) is 0 Å². The average molecular weight is 319 g/mol. The number of nitrogens with zero attached hydrogens (tertiary/aromatic N) is 5. The molecule has 4 rings (SSSR count). The zero-order valence-corrected chi connectivity index (χ0v) is 13.0. The smallest absolute Gasteiger partial charge is 0.138 e. The Kier molecular flexibility index (Phi) is 3.73. The second-order valence-electron chi connectivity index (χ2n) is 4.99. The number of rotatable bonds is 4. The van der Waals surface area contributed by atoms with E-state index >= 15 is 0 Å². The third-order valence-corrected chi connectivity index (χ3v) is 4.40. The van der Waals surface area contributed by atoms with Crippen molar-refractivity contribution in [2.24, 2.45) is 0 Å². The van der Waals surface area contributed by atoms with Gasteiger partial charge in [-0.05, 0) is 29.8 Å². The van der Waals surface area contributed by atoms with Crippen molar-refractivity contribution in [2.45, 2.75) is 10.8 Å². The summed E-state index contributed by atoms with van der Waals surface area (Å²) < 4.78 is 1.74. The van der Waals surface area contributed by atoms with Gasteiger partial charge in [-0.25, -0.2) is 14.6 Å². The molecule has 0 aliphatic heterocycles. The summed E-state index contributed by atoms with van der Waals surface area (Å²) in [5.41, 5.74) is 4.09. The molecule has 0 saturated carbocycles. The van der Waals surface area contributed by atoms with Gasteiger partial charge < -0.3 is 0 Å². The number of fused-ring (bicyclic) bond motifs is 1. The highest BCUT2D eigenvalue weighted by atomic mass is 32.2. The largest absolute Gasteiger partial charge is 0.252 e. The second-order valence-corrected chi connectivity index (χ2v) is 5.99. The molecule has 0 spiro atoms. The number of para-hydroxylation sites is 2. The van der Waals surface area contributed by atoms with Crippen LogP contribution in [0.2, 0.25) is 0 Å². The fourth-order valence-corrected chi connectivity index (χ4v) is 3.05. The first kappa shape index (κ1) is 13.9. The molecular formula is C17H13N5S. The maximum Gasteiger partial charge on any atom is 0.138 e. The molecule has 0 unspecified atom stereocenters. The number of benzene rings is 2. The maximum absolute atomic E-state index is 4.63. The van der Waals surface area contributed by atoms with Crippen molar-refractivity contribution in [3.05, 3.63) is 72.9 Å². The van der Waals surface area contributed by atoms with Crippen LogP contribution in [0.5, 0.6) is 0 Å². The normalized spacial score (nSPS) is 11.0. The van der Waals surface area contributed by atoms with E-state index in [2.05, 4.69) is 32.2 Å². The lowest BCUT2D eigenvalue weighted by Crippen LogP contribution is -1.94. The van der Waals surface area contributed by atoms with Crippen molar-refractivity contribution in [3.63, 3.8) is 0 Å². The van der Waals surface area contributed by atoms with E-state index in [1.165, 1.54) is 11.9 Å². The van der Waals surface area contributed by atoms with Crippen molar-refractivity contribution in [1.82, 2.24) is 24.7 Å². The Hall–Kier alpha value is -2.73. The predicted molar refractivity (Wildman–Crippen MR) is 90.5 cm³/mol. The zero-order valence-electron chi connectivity index (χ0n) is 12.2. The van der Waals surface area contributed by atoms with Crippen LogP contribution in [0.4, 0.5) is 0 Å². The summed E-state index contributed by atoms with van der Waals surface area (Å²) in [5.74, 6) is 0.852. The minimum Gasteiger partial charge on any atom is -0.252 e. The third kappa shape index (κ3) is 3.07. The summed E-state index contributed by atoms with van der Waals surface area (Å²) >= 11 is 1.68. The van der Waals surface area contributed by atoms with Gasteiger partial charge in [0.2, 0.25) is 0 Å². The van der Waals surface area contributed by atoms with Gasteiger partial charge in [-0.2, -0.15) is 5.10 Å². The van der Waals surface area contributed by atoms with Crippen LogP contribution in [0.25, 0.3) is 16.7 Å². The summed E-state index contributed by atoms with van der Waals surface area (Å²) in [7, 11) is 0. The highest BCUT2D eigenvalue weighted by Crippen LogP contribution is 2.22. The van der Waals surface area contributed by atoms with E-state index in [4.69, 9.17) is 0 Å². The molecule has 0 aliphatic carbocycles. The molecule has 2 heterocycles. The highest BCUT2D eigenvalue weighted by Gasteiger charge is 2.02. The molecule has 0 saturated heterocycles. The van der Waals surface area contributed by atoms with Crippen LogP contribution in [0, 0.1) is 0 Å². The Bertz CT molecular complexity index is 919. The zero-order chi connectivity index (χ0) is 15.5. The van der Waals surface area contributed by atoms with Crippen molar-refractivity contribution < 1.29 is 0 Å². The van der Waals surface area contributed by atoms with E-state index in [0.29, 0.717) is 0 Å². The molecule has 0 aliphatic rings. The molecule has 5 nitrogen and oxygen atoms in total. The lowest BCUT2D eigenvalue weighted by Gasteiger charge is -2.04. The van der Waals surface area contributed by atoms with Crippen LogP contribution < -0.4 is 0 Å². The molecular weight excluding hydrogens is 306 g/mol. The standard InChI is InChI=1S/C17H13N5S/c1-2-4-16-15(3-1)19-9-17(21-16)23-10-13-5-7-14(8-6-13)22-12-18-11-20-22/h1-9,11-12H,10H2. The maximum atomic E-state index is 4.63. The van der Waals surface area contributed by atoms with Crippen LogP contribution in [-0.4, -0.2) is 24.7 Å². The van der Waals surface area contributed by atoms with E-state index in [9.17, 15) is 0 Å².